The standard InChI is InChI=1S/C18H34N4O3/c1-7-21(8-2)15(23)13-20-9-11-22(12-10-20)16(24)14(3)19-17(25)18(4,5)6/h14H,7-13H2,1-6H3,(H,19,25). The van der Waals surface area contributed by atoms with Crippen LogP contribution in [0.15, 0.2) is 0 Å². The van der Waals surface area contributed by atoms with Crippen molar-refractivity contribution in [2.75, 3.05) is 45.8 Å². The highest BCUT2D eigenvalue weighted by Gasteiger charge is 2.29. The lowest BCUT2D eigenvalue weighted by atomic mass is 9.95. The monoisotopic (exact) mass is 354 g/mol. The Kier molecular flexibility index (Phi) is 7.86. The zero-order valence-electron chi connectivity index (χ0n) is 16.6. The molecule has 1 fully saturated rings. The van der Waals surface area contributed by atoms with E-state index in [0.717, 1.165) is 13.1 Å². The van der Waals surface area contributed by atoms with E-state index in [9.17, 15) is 14.4 Å². The van der Waals surface area contributed by atoms with Gasteiger partial charge in [-0.1, -0.05) is 20.8 Å². The van der Waals surface area contributed by atoms with E-state index in [4.69, 9.17) is 0 Å². The zero-order valence-corrected chi connectivity index (χ0v) is 16.6. The SMILES string of the molecule is CCN(CC)C(=O)CN1CCN(C(=O)C(C)NC(=O)C(C)(C)C)CC1. The molecule has 1 saturated heterocycles. The van der Waals surface area contributed by atoms with E-state index < -0.39 is 11.5 Å². The third-order valence-corrected chi connectivity index (χ3v) is 4.56. The lowest BCUT2D eigenvalue weighted by Crippen LogP contribution is -2.56. The summed E-state index contributed by atoms with van der Waals surface area (Å²) in [4.78, 5) is 42.4. The van der Waals surface area contributed by atoms with Crippen LogP contribution >= 0.6 is 0 Å². The van der Waals surface area contributed by atoms with E-state index in [0.29, 0.717) is 32.7 Å². The Bertz CT molecular complexity index is 475. The number of nitrogens with one attached hydrogen (secondary N) is 1. The van der Waals surface area contributed by atoms with E-state index in [-0.39, 0.29) is 17.7 Å². The van der Waals surface area contributed by atoms with Crippen LogP contribution in [0.1, 0.15) is 41.5 Å². The molecule has 0 radical (unpaired) electrons. The van der Waals surface area contributed by atoms with Gasteiger partial charge >= 0.3 is 0 Å². The molecule has 1 heterocycles. The minimum Gasteiger partial charge on any atom is -0.344 e. The van der Waals surface area contributed by atoms with Gasteiger partial charge in [-0.3, -0.25) is 19.3 Å². The Labute approximate surface area is 151 Å². The third kappa shape index (κ3) is 6.30. The maximum Gasteiger partial charge on any atom is 0.244 e. The molecule has 0 aromatic heterocycles. The number of amides is 3. The predicted octanol–water partition coefficient (Wildman–Crippen LogP) is 0.550. The molecule has 1 rings (SSSR count). The van der Waals surface area contributed by atoms with Gasteiger partial charge in [-0.15, -0.1) is 0 Å². The fraction of sp³-hybridized carbons (Fsp3) is 0.833. The molecular formula is C18H34N4O3. The van der Waals surface area contributed by atoms with Crippen molar-refractivity contribution in [3.63, 3.8) is 0 Å². The Hall–Kier alpha value is -1.63. The lowest BCUT2D eigenvalue weighted by molar-refractivity contribution is -0.140. The average Bonchev–Trinajstić information content (AvgIpc) is 2.55. The van der Waals surface area contributed by atoms with E-state index in [1.807, 2.05) is 39.5 Å². The molecule has 7 heteroatoms. The third-order valence-electron chi connectivity index (χ3n) is 4.56. The van der Waals surface area contributed by atoms with E-state index in [1.54, 1.807) is 11.8 Å². The molecule has 0 bridgehead atoms. The Balaban J connectivity index is 2.46. The van der Waals surface area contributed by atoms with E-state index >= 15 is 0 Å². The van der Waals surface area contributed by atoms with Gasteiger partial charge in [-0.05, 0) is 20.8 Å². The van der Waals surface area contributed by atoms with Gasteiger partial charge in [-0.2, -0.15) is 0 Å². The summed E-state index contributed by atoms with van der Waals surface area (Å²) in [6, 6.07) is -0.532. The summed E-state index contributed by atoms with van der Waals surface area (Å²) in [5.74, 6) is -0.0558. The molecule has 7 nitrogen and oxygen atoms in total. The van der Waals surface area contributed by atoms with Crippen LogP contribution in [0.3, 0.4) is 0 Å². The molecule has 1 unspecified atom stereocenters. The summed E-state index contributed by atoms with van der Waals surface area (Å²) < 4.78 is 0. The van der Waals surface area contributed by atoms with Crippen LogP contribution in [0, 0.1) is 5.41 Å². The first-order valence-electron chi connectivity index (χ1n) is 9.20. The van der Waals surface area contributed by atoms with Crippen molar-refractivity contribution in [1.29, 1.82) is 0 Å². The van der Waals surface area contributed by atoms with Crippen molar-refractivity contribution in [1.82, 2.24) is 20.0 Å². The van der Waals surface area contributed by atoms with Gasteiger partial charge in [0.05, 0.1) is 6.54 Å². The zero-order chi connectivity index (χ0) is 19.2. The molecular weight excluding hydrogens is 320 g/mol. The largest absolute Gasteiger partial charge is 0.344 e. The van der Waals surface area contributed by atoms with E-state index in [1.165, 1.54) is 0 Å². The number of piperazine rings is 1. The topological polar surface area (TPSA) is 73.0 Å². The quantitative estimate of drug-likeness (QED) is 0.756. The van der Waals surface area contributed by atoms with Crippen molar-refractivity contribution < 1.29 is 14.4 Å². The summed E-state index contributed by atoms with van der Waals surface area (Å²) in [7, 11) is 0. The summed E-state index contributed by atoms with van der Waals surface area (Å²) in [5.41, 5.74) is -0.516. The molecule has 0 aliphatic carbocycles. The smallest absolute Gasteiger partial charge is 0.244 e. The summed E-state index contributed by atoms with van der Waals surface area (Å²) in [5, 5.41) is 2.79. The summed E-state index contributed by atoms with van der Waals surface area (Å²) in [6.45, 7) is 15.5. The maximum atomic E-state index is 12.5. The number of nitrogens with zero attached hydrogens (tertiary/aromatic N) is 3. The van der Waals surface area contributed by atoms with Crippen LogP contribution in [-0.2, 0) is 14.4 Å². The number of likely N-dealkylation sites (N-methyl/N-ethyl adjacent to an activating group) is 1. The molecule has 0 spiro atoms. The normalized spacial score (nSPS) is 17.1. The number of hydrogen-bond acceptors (Lipinski definition) is 4. The summed E-state index contributed by atoms with van der Waals surface area (Å²) in [6.07, 6.45) is 0. The van der Waals surface area contributed by atoms with Crippen molar-refractivity contribution in [3.05, 3.63) is 0 Å². The average molecular weight is 354 g/mol. The molecule has 25 heavy (non-hydrogen) atoms. The van der Waals surface area contributed by atoms with Gasteiger partial charge in [0.1, 0.15) is 6.04 Å². The van der Waals surface area contributed by atoms with Gasteiger partial charge in [0.25, 0.3) is 0 Å². The van der Waals surface area contributed by atoms with Crippen LogP contribution in [0.2, 0.25) is 0 Å². The second-order valence-corrected chi connectivity index (χ2v) is 7.61. The molecule has 1 aliphatic heterocycles. The lowest BCUT2D eigenvalue weighted by Gasteiger charge is -2.36. The van der Waals surface area contributed by atoms with E-state index in [2.05, 4.69) is 10.2 Å². The number of hydrogen-bond donors (Lipinski definition) is 1. The van der Waals surface area contributed by atoms with Crippen molar-refractivity contribution in [2.45, 2.75) is 47.6 Å². The number of carbonyl (C=O) groups is 3. The van der Waals surface area contributed by atoms with Gasteiger partial charge in [0.15, 0.2) is 0 Å². The van der Waals surface area contributed by atoms with Crippen LogP contribution < -0.4 is 5.32 Å². The Morgan fingerprint density at radius 2 is 1.56 bits per heavy atom. The van der Waals surface area contributed by atoms with Gasteiger partial charge in [0.2, 0.25) is 17.7 Å². The first-order chi connectivity index (χ1) is 11.6. The molecule has 3 amide bonds. The maximum absolute atomic E-state index is 12.5. The molecule has 1 atom stereocenters. The molecule has 0 saturated carbocycles. The number of rotatable bonds is 6. The Morgan fingerprint density at radius 3 is 2.00 bits per heavy atom. The van der Waals surface area contributed by atoms with Crippen LogP contribution in [-0.4, -0.2) is 84.3 Å². The molecule has 1 N–H and O–H groups in total. The highest BCUT2D eigenvalue weighted by Crippen LogP contribution is 2.13. The second-order valence-electron chi connectivity index (χ2n) is 7.61. The first kappa shape index (κ1) is 21.4. The first-order valence-corrected chi connectivity index (χ1v) is 9.20. The number of carbonyl (C=O) groups excluding carboxylic acids is 3. The van der Waals surface area contributed by atoms with Gasteiger partial charge in [0, 0.05) is 44.7 Å². The predicted molar refractivity (Wildman–Crippen MR) is 98.0 cm³/mol. The highest BCUT2D eigenvalue weighted by molar-refractivity contribution is 5.89. The van der Waals surface area contributed by atoms with Gasteiger partial charge < -0.3 is 15.1 Å². The summed E-state index contributed by atoms with van der Waals surface area (Å²) >= 11 is 0. The van der Waals surface area contributed by atoms with Crippen molar-refractivity contribution in [3.8, 4) is 0 Å². The fourth-order valence-corrected chi connectivity index (χ4v) is 2.74. The fourth-order valence-electron chi connectivity index (χ4n) is 2.74. The minimum absolute atomic E-state index is 0.0627. The van der Waals surface area contributed by atoms with Crippen LogP contribution in [0.25, 0.3) is 0 Å². The van der Waals surface area contributed by atoms with Crippen LogP contribution in [0.5, 0.6) is 0 Å². The molecule has 1 aliphatic rings. The Morgan fingerprint density at radius 1 is 1.04 bits per heavy atom. The molecule has 0 aromatic rings. The molecule has 0 aromatic carbocycles. The molecule has 144 valence electrons. The minimum atomic E-state index is -0.532. The highest BCUT2D eigenvalue weighted by atomic mass is 16.2. The van der Waals surface area contributed by atoms with Crippen molar-refractivity contribution >= 4 is 17.7 Å². The van der Waals surface area contributed by atoms with Gasteiger partial charge in [-0.25, -0.2) is 0 Å². The second kappa shape index (κ2) is 9.17. The van der Waals surface area contributed by atoms with Crippen molar-refractivity contribution in [2.24, 2.45) is 5.41 Å². The van der Waals surface area contributed by atoms with Crippen LogP contribution in [0.4, 0.5) is 0 Å².